The predicted octanol–water partition coefficient (Wildman–Crippen LogP) is 2.84. The topological polar surface area (TPSA) is 59.5 Å². The van der Waals surface area contributed by atoms with E-state index < -0.39 is 4.92 Å². The van der Waals surface area contributed by atoms with Gasteiger partial charge in [-0.2, -0.15) is 0 Å². The van der Waals surface area contributed by atoms with Crippen molar-refractivity contribution >= 4 is 28.7 Å². The zero-order chi connectivity index (χ0) is 10.7. The van der Waals surface area contributed by atoms with E-state index in [0.717, 1.165) is 6.07 Å². The van der Waals surface area contributed by atoms with Gasteiger partial charge >= 0.3 is 0 Å². The summed E-state index contributed by atoms with van der Waals surface area (Å²) < 4.78 is 0. The molecule has 0 heterocycles. The molecule has 1 aromatic rings. The Morgan fingerprint density at radius 1 is 1.64 bits per heavy atom. The van der Waals surface area contributed by atoms with Crippen molar-refractivity contribution in [2.75, 3.05) is 12.4 Å². The van der Waals surface area contributed by atoms with Crippen LogP contribution in [0.25, 0.3) is 4.85 Å². The van der Waals surface area contributed by atoms with Gasteiger partial charge in [-0.15, -0.1) is 0 Å². The van der Waals surface area contributed by atoms with Crippen LogP contribution in [0.15, 0.2) is 12.1 Å². The SMILES string of the molecule is [C-]#[N+]c1cc([N+](=O)[O-])c(NC)cc1Cl. The first-order valence-electron chi connectivity index (χ1n) is 3.63. The lowest BCUT2D eigenvalue weighted by molar-refractivity contribution is -0.383. The molecule has 6 heteroatoms. The molecular weight excluding hydrogens is 206 g/mol. The maximum absolute atomic E-state index is 10.6. The van der Waals surface area contributed by atoms with Crippen LogP contribution in [0, 0.1) is 16.7 Å². The molecule has 0 aromatic heterocycles. The van der Waals surface area contributed by atoms with E-state index in [1.54, 1.807) is 7.05 Å². The van der Waals surface area contributed by atoms with Crippen molar-refractivity contribution < 1.29 is 4.92 Å². The summed E-state index contributed by atoms with van der Waals surface area (Å²) in [6, 6.07) is 2.52. The molecule has 0 atom stereocenters. The van der Waals surface area contributed by atoms with Gasteiger partial charge < -0.3 is 5.32 Å². The summed E-state index contributed by atoms with van der Waals surface area (Å²) in [5, 5.41) is 13.4. The van der Waals surface area contributed by atoms with E-state index in [0.29, 0.717) is 5.69 Å². The van der Waals surface area contributed by atoms with E-state index >= 15 is 0 Å². The van der Waals surface area contributed by atoms with Crippen LogP contribution in [0.5, 0.6) is 0 Å². The van der Waals surface area contributed by atoms with Gasteiger partial charge in [0.2, 0.25) is 5.69 Å². The number of halogens is 1. The average Bonchev–Trinajstić information content (AvgIpc) is 2.16. The van der Waals surface area contributed by atoms with Gasteiger partial charge in [-0.3, -0.25) is 10.1 Å². The van der Waals surface area contributed by atoms with E-state index in [4.69, 9.17) is 18.2 Å². The second-order valence-electron chi connectivity index (χ2n) is 2.44. The maximum Gasteiger partial charge on any atom is 0.282 e. The third-order valence-corrected chi connectivity index (χ3v) is 1.95. The van der Waals surface area contributed by atoms with Gasteiger partial charge in [-0.05, 0) is 6.07 Å². The molecule has 0 bridgehead atoms. The Balaban J connectivity index is 3.42. The van der Waals surface area contributed by atoms with Gasteiger partial charge in [-0.1, -0.05) is 11.6 Å². The van der Waals surface area contributed by atoms with E-state index in [1.165, 1.54) is 6.07 Å². The summed E-state index contributed by atoms with van der Waals surface area (Å²) in [5.74, 6) is 0. The number of hydrogen-bond donors (Lipinski definition) is 1. The van der Waals surface area contributed by atoms with Crippen LogP contribution in [0.3, 0.4) is 0 Å². The number of anilines is 1. The highest BCUT2D eigenvalue weighted by molar-refractivity contribution is 6.33. The van der Waals surface area contributed by atoms with E-state index in [1.807, 2.05) is 0 Å². The van der Waals surface area contributed by atoms with Crippen molar-refractivity contribution in [3.05, 3.63) is 38.7 Å². The van der Waals surface area contributed by atoms with Crippen LogP contribution in [-0.4, -0.2) is 12.0 Å². The minimum absolute atomic E-state index is 0.0809. The number of rotatable bonds is 2. The highest BCUT2D eigenvalue weighted by Gasteiger charge is 2.16. The lowest BCUT2D eigenvalue weighted by Crippen LogP contribution is -1.96. The van der Waals surface area contributed by atoms with E-state index in [-0.39, 0.29) is 16.4 Å². The first-order valence-corrected chi connectivity index (χ1v) is 4.01. The second-order valence-corrected chi connectivity index (χ2v) is 2.85. The van der Waals surface area contributed by atoms with Crippen LogP contribution in [0.4, 0.5) is 17.1 Å². The summed E-state index contributed by atoms with van der Waals surface area (Å²) in [6.45, 7) is 6.75. The molecule has 0 aliphatic carbocycles. The van der Waals surface area contributed by atoms with Crippen molar-refractivity contribution in [1.82, 2.24) is 0 Å². The van der Waals surface area contributed by atoms with Crippen molar-refractivity contribution in [3.8, 4) is 0 Å². The number of hydrogen-bond acceptors (Lipinski definition) is 3. The largest absolute Gasteiger partial charge is 0.383 e. The molecule has 1 aromatic carbocycles. The van der Waals surface area contributed by atoms with Gasteiger partial charge in [0.15, 0.2) is 0 Å². The Morgan fingerprint density at radius 3 is 2.71 bits per heavy atom. The van der Waals surface area contributed by atoms with Crippen molar-refractivity contribution in [2.24, 2.45) is 0 Å². The Hall–Kier alpha value is -1.80. The third-order valence-electron chi connectivity index (χ3n) is 1.65. The van der Waals surface area contributed by atoms with Crippen molar-refractivity contribution in [1.29, 1.82) is 0 Å². The smallest absolute Gasteiger partial charge is 0.282 e. The van der Waals surface area contributed by atoms with Crippen molar-refractivity contribution in [2.45, 2.75) is 0 Å². The normalized spacial score (nSPS) is 9.21. The molecule has 0 spiro atoms. The number of nitro benzene ring substituents is 1. The predicted molar refractivity (Wildman–Crippen MR) is 53.9 cm³/mol. The lowest BCUT2D eigenvalue weighted by Gasteiger charge is -2.03. The quantitative estimate of drug-likeness (QED) is 0.465. The number of benzene rings is 1. The van der Waals surface area contributed by atoms with E-state index in [9.17, 15) is 10.1 Å². The second kappa shape index (κ2) is 3.94. The zero-order valence-electron chi connectivity index (χ0n) is 7.24. The van der Waals surface area contributed by atoms with Gasteiger partial charge in [0.05, 0.1) is 11.5 Å². The van der Waals surface area contributed by atoms with Crippen LogP contribution < -0.4 is 5.32 Å². The highest BCUT2D eigenvalue weighted by atomic mass is 35.5. The standard InChI is InChI=1S/C8H6ClN3O2/c1-10-6-4-8(12(13)14)7(11-2)3-5(6)9/h3-4,11H,2H3. The first kappa shape index (κ1) is 10.3. The Labute approximate surface area is 85.3 Å². The van der Waals surface area contributed by atoms with Crippen molar-refractivity contribution in [3.63, 3.8) is 0 Å². The van der Waals surface area contributed by atoms with Crippen LogP contribution in [-0.2, 0) is 0 Å². The van der Waals surface area contributed by atoms with Crippen LogP contribution in [0.1, 0.15) is 0 Å². The molecule has 5 nitrogen and oxygen atoms in total. The maximum atomic E-state index is 10.6. The molecule has 0 saturated heterocycles. The molecule has 14 heavy (non-hydrogen) atoms. The minimum Gasteiger partial charge on any atom is -0.383 e. The minimum atomic E-state index is -0.559. The molecule has 0 aliphatic heterocycles. The summed E-state index contributed by atoms with van der Waals surface area (Å²) in [7, 11) is 1.55. The van der Waals surface area contributed by atoms with Crippen LogP contribution >= 0.6 is 11.6 Å². The summed E-state index contributed by atoms with van der Waals surface area (Å²) in [5.41, 5.74) is 0.229. The number of nitrogens with one attached hydrogen (secondary N) is 1. The fourth-order valence-corrected chi connectivity index (χ4v) is 1.19. The Morgan fingerprint density at radius 2 is 2.29 bits per heavy atom. The Kier molecular flexibility index (Phi) is 2.89. The summed E-state index contributed by atoms with van der Waals surface area (Å²) in [4.78, 5) is 13.1. The summed E-state index contributed by atoms with van der Waals surface area (Å²) in [6.07, 6.45) is 0. The van der Waals surface area contributed by atoms with Gasteiger partial charge in [0.1, 0.15) is 5.69 Å². The molecule has 0 saturated carbocycles. The fourth-order valence-electron chi connectivity index (χ4n) is 0.988. The summed E-state index contributed by atoms with van der Waals surface area (Å²) >= 11 is 5.71. The monoisotopic (exact) mass is 211 g/mol. The van der Waals surface area contributed by atoms with Gasteiger partial charge in [0.25, 0.3) is 5.69 Å². The van der Waals surface area contributed by atoms with Crippen LogP contribution in [0.2, 0.25) is 5.02 Å². The average molecular weight is 212 g/mol. The molecule has 0 radical (unpaired) electrons. The fraction of sp³-hybridized carbons (Fsp3) is 0.125. The lowest BCUT2D eigenvalue weighted by atomic mass is 10.2. The molecule has 1 rings (SSSR count). The molecule has 0 aliphatic rings. The zero-order valence-corrected chi connectivity index (χ0v) is 8.00. The Bertz CT molecular complexity index is 425. The number of nitro groups is 1. The van der Waals surface area contributed by atoms with E-state index in [2.05, 4.69) is 10.2 Å². The molecule has 72 valence electrons. The highest BCUT2D eigenvalue weighted by Crippen LogP contribution is 2.35. The molecular formula is C8H6ClN3O2. The molecule has 0 amide bonds. The van der Waals surface area contributed by atoms with Gasteiger partial charge in [-0.25, -0.2) is 4.85 Å². The molecule has 0 unspecified atom stereocenters. The third kappa shape index (κ3) is 1.75. The number of nitrogens with zero attached hydrogens (tertiary/aromatic N) is 2. The molecule has 1 N–H and O–H groups in total. The first-order chi connectivity index (χ1) is 6.60. The molecule has 0 fully saturated rings. The van der Waals surface area contributed by atoms with Gasteiger partial charge in [0, 0.05) is 18.1 Å².